The molecule has 4 nitrogen and oxygen atoms in total. The van der Waals surface area contributed by atoms with Crippen molar-refractivity contribution >= 4 is 11.6 Å². The maximum absolute atomic E-state index is 6.01. The Kier molecular flexibility index (Phi) is 3.74. The summed E-state index contributed by atoms with van der Waals surface area (Å²) in [5, 5.41) is 0.415. The molecule has 0 amide bonds. The highest BCUT2D eigenvalue weighted by Gasteiger charge is 2.27. The maximum atomic E-state index is 6.01. The molecule has 0 spiro atoms. The Morgan fingerprint density at radius 3 is 2.75 bits per heavy atom. The Bertz CT molecular complexity index is 615. The van der Waals surface area contributed by atoms with Crippen molar-refractivity contribution in [3.8, 4) is 17.4 Å². The lowest BCUT2D eigenvalue weighted by Gasteiger charge is -2.08. The van der Waals surface area contributed by atoms with Gasteiger partial charge < -0.3 is 9.47 Å². The zero-order valence-corrected chi connectivity index (χ0v) is 11.9. The number of rotatable bonds is 5. The minimum absolute atomic E-state index is 0.415. The quantitative estimate of drug-likeness (QED) is 0.774. The first-order valence-electron chi connectivity index (χ1n) is 6.70. The molecule has 0 radical (unpaired) electrons. The number of aromatic nitrogens is 2. The fraction of sp³-hybridized carbons (Fsp3) is 0.333. The van der Waals surface area contributed by atoms with Crippen LogP contribution in [-0.2, 0) is 0 Å². The monoisotopic (exact) mass is 290 g/mol. The molecular formula is C15H15ClN2O2. The number of ether oxygens (including phenoxy) is 2. The first-order chi connectivity index (χ1) is 9.74. The predicted octanol–water partition coefficient (Wildman–Crippen LogP) is 4.20. The van der Waals surface area contributed by atoms with Crippen molar-refractivity contribution in [2.24, 2.45) is 0 Å². The minimum atomic E-state index is 0.415. The van der Waals surface area contributed by atoms with Crippen molar-refractivity contribution in [3.63, 3.8) is 0 Å². The molecule has 0 saturated heterocycles. The third-order valence-electron chi connectivity index (χ3n) is 2.97. The van der Waals surface area contributed by atoms with E-state index in [1.165, 1.54) is 0 Å². The molecule has 0 aliphatic heterocycles. The summed E-state index contributed by atoms with van der Waals surface area (Å²) in [6, 6.07) is 9.08. The Morgan fingerprint density at radius 1 is 1.20 bits per heavy atom. The summed E-state index contributed by atoms with van der Waals surface area (Å²) in [4.78, 5) is 8.64. The van der Waals surface area contributed by atoms with Crippen LogP contribution in [-0.4, -0.2) is 16.6 Å². The molecule has 104 valence electrons. The van der Waals surface area contributed by atoms with E-state index in [9.17, 15) is 0 Å². The normalized spacial score (nSPS) is 14.1. The minimum Gasteiger partial charge on any atom is -0.494 e. The van der Waals surface area contributed by atoms with Crippen molar-refractivity contribution in [2.45, 2.75) is 25.7 Å². The van der Waals surface area contributed by atoms with Gasteiger partial charge in [0.25, 0.3) is 0 Å². The lowest BCUT2D eigenvalue weighted by molar-refractivity contribution is 0.338. The van der Waals surface area contributed by atoms with Crippen LogP contribution in [0.25, 0.3) is 0 Å². The topological polar surface area (TPSA) is 44.2 Å². The zero-order chi connectivity index (χ0) is 13.9. The van der Waals surface area contributed by atoms with Crippen molar-refractivity contribution in [1.29, 1.82) is 0 Å². The van der Waals surface area contributed by atoms with E-state index in [0.29, 0.717) is 29.3 Å². The summed E-state index contributed by atoms with van der Waals surface area (Å²) in [5.41, 5.74) is 0. The van der Waals surface area contributed by atoms with Crippen molar-refractivity contribution in [2.75, 3.05) is 6.61 Å². The van der Waals surface area contributed by atoms with Gasteiger partial charge in [-0.25, -0.2) is 4.98 Å². The average Bonchev–Trinajstić information content (AvgIpc) is 3.23. The molecule has 2 aromatic rings. The molecule has 1 aromatic heterocycles. The van der Waals surface area contributed by atoms with Gasteiger partial charge in [0.15, 0.2) is 0 Å². The standard InChI is InChI=1S/C15H15ClN2O2/c1-2-19-11-4-3-5-12(8-11)20-14-9-13(16)17-15(18-14)10-6-7-10/h3-5,8-10H,2,6-7H2,1H3. The van der Waals surface area contributed by atoms with E-state index >= 15 is 0 Å². The van der Waals surface area contributed by atoms with E-state index < -0.39 is 0 Å². The van der Waals surface area contributed by atoms with Crippen molar-refractivity contribution < 1.29 is 9.47 Å². The second-order valence-corrected chi connectivity index (χ2v) is 5.06. The SMILES string of the molecule is CCOc1cccc(Oc2cc(Cl)nc(C3CC3)n2)c1. The summed E-state index contributed by atoms with van der Waals surface area (Å²) in [6.45, 7) is 2.56. The summed E-state index contributed by atoms with van der Waals surface area (Å²) in [5.74, 6) is 3.12. The lowest BCUT2D eigenvalue weighted by Crippen LogP contribution is -1.97. The maximum Gasteiger partial charge on any atom is 0.224 e. The Balaban J connectivity index is 1.81. The molecular weight excluding hydrogens is 276 g/mol. The predicted molar refractivity (Wildman–Crippen MR) is 76.7 cm³/mol. The van der Waals surface area contributed by atoms with Gasteiger partial charge >= 0.3 is 0 Å². The van der Waals surface area contributed by atoms with Gasteiger partial charge in [0.05, 0.1) is 6.61 Å². The van der Waals surface area contributed by atoms with E-state index in [1.807, 2.05) is 31.2 Å². The molecule has 1 fully saturated rings. The molecule has 0 atom stereocenters. The molecule has 1 aromatic carbocycles. The van der Waals surface area contributed by atoms with Gasteiger partial charge in [-0.3, -0.25) is 0 Å². The second kappa shape index (κ2) is 5.67. The first kappa shape index (κ1) is 13.2. The summed E-state index contributed by atoms with van der Waals surface area (Å²) in [6.07, 6.45) is 2.25. The van der Waals surface area contributed by atoms with Crippen molar-refractivity contribution in [3.05, 3.63) is 41.3 Å². The molecule has 0 unspecified atom stereocenters. The van der Waals surface area contributed by atoms with Gasteiger partial charge in [0.2, 0.25) is 5.88 Å². The molecule has 20 heavy (non-hydrogen) atoms. The average molecular weight is 291 g/mol. The Hall–Kier alpha value is -1.81. The van der Waals surface area contributed by atoms with Crippen LogP contribution in [0.1, 0.15) is 31.5 Å². The Labute approximate surface area is 122 Å². The fourth-order valence-electron chi connectivity index (χ4n) is 1.91. The van der Waals surface area contributed by atoms with E-state index in [2.05, 4.69) is 9.97 Å². The van der Waals surface area contributed by atoms with Crippen molar-refractivity contribution in [1.82, 2.24) is 9.97 Å². The number of benzene rings is 1. The summed E-state index contributed by atoms with van der Waals surface area (Å²) < 4.78 is 11.2. The number of nitrogens with zero attached hydrogens (tertiary/aromatic N) is 2. The van der Waals surface area contributed by atoms with Gasteiger partial charge in [0.1, 0.15) is 22.5 Å². The first-order valence-corrected chi connectivity index (χ1v) is 7.07. The van der Waals surface area contributed by atoms with Crippen LogP contribution >= 0.6 is 11.6 Å². The molecule has 1 heterocycles. The third kappa shape index (κ3) is 3.20. The van der Waals surface area contributed by atoms with Crippen LogP contribution in [0.4, 0.5) is 0 Å². The number of halogens is 1. The highest BCUT2D eigenvalue weighted by atomic mass is 35.5. The molecule has 5 heteroatoms. The lowest BCUT2D eigenvalue weighted by atomic mass is 10.3. The summed E-state index contributed by atoms with van der Waals surface area (Å²) in [7, 11) is 0. The third-order valence-corrected chi connectivity index (χ3v) is 3.16. The van der Waals surface area contributed by atoms with Gasteiger partial charge in [-0.2, -0.15) is 4.98 Å². The Morgan fingerprint density at radius 2 is 2.00 bits per heavy atom. The van der Waals surface area contributed by atoms with Gasteiger partial charge in [-0.1, -0.05) is 17.7 Å². The number of hydrogen-bond donors (Lipinski definition) is 0. The van der Waals surface area contributed by atoms with Crippen LogP contribution in [0.2, 0.25) is 5.15 Å². The molecule has 0 N–H and O–H groups in total. The van der Waals surface area contributed by atoms with E-state index in [1.54, 1.807) is 6.07 Å². The number of hydrogen-bond acceptors (Lipinski definition) is 4. The molecule has 3 rings (SSSR count). The van der Waals surface area contributed by atoms with Crippen LogP contribution in [0, 0.1) is 0 Å². The van der Waals surface area contributed by atoms with Gasteiger partial charge in [0, 0.05) is 18.1 Å². The molecule has 0 bridgehead atoms. The highest BCUT2D eigenvalue weighted by molar-refractivity contribution is 6.29. The van der Waals surface area contributed by atoms with E-state index in [4.69, 9.17) is 21.1 Å². The van der Waals surface area contributed by atoms with Gasteiger partial charge in [-0.15, -0.1) is 0 Å². The van der Waals surface area contributed by atoms with E-state index in [0.717, 1.165) is 24.4 Å². The highest BCUT2D eigenvalue weighted by Crippen LogP contribution is 2.39. The van der Waals surface area contributed by atoms with Crippen LogP contribution in [0.3, 0.4) is 0 Å². The summed E-state index contributed by atoms with van der Waals surface area (Å²) >= 11 is 6.01. The van der Waals surface area contributed by atoms with Gasteiger partial charge in [-0.05, 0) is 31.9 Å². The molecule has 1 aliphatic carbocycles. The van der Waals surface area contributed by atoms with Crippen LogP contribution in [0.15, 0.2) is 30.3 Å². The van der Waals surface area contributed by atoms with Crippen LogP contribution in [0.5, 0.6) is 17.4 Å². The fourth-order valence-corrected chi connectivity index (χ4v) is 2.08. The smallest absolute Gasteiger partial charge is 0.224 e. The zero-order valence-electron chi connectivity index (χ0n) is 11.2. The van der Waals surface area contributed by atoms with E-state index in [-0.39, 0.29) is 0 Å². The molecule has 1 saturated carbocycles. The largest absolute Gasteiger partial charge is 0.494 e. The van der Waals surface area contributed by atoms with Crippen LogP contribution < -0.4 is 9.47 Å². The molecule has 1 aliphatic rings. The second-order valence-electron chi connectivity index (χ2n) is 4.67.